The van der Waals surface area contributed by atoms with Crippen LogP contribution in [0.2, 0.25) is 0 Å². The summed E-state index contributed by atoms with van der Waals surface area (Å²) < 4.78 is 0. The van der Waals surface area contributed by atoms with Crippen LogP contribution in [0, 0.1) is 5.92 Å². The molecule has 0 aromatic heterocycles. The second kappa shape index (κ2) is 10.6. The minimum Gasteiger partial charge on any atom is -0.0990 e. The SMILES string of the molecule is C=C/C=C(\C=C/C(C)C)c1ccccc1.CCC. The van der Waals surface area contributed by atoms with Gasteiger partial charge in [-0.05, 0) is 17.1 Å². The summed E-state index contributed by atoms with van der Waals surface area (Å²) in [5.41, 5.74) is 2.44. The van der Waals surface area contributed by atoms with Crippen molar-refractivity contribution in [2.75, 3.05) is 0 Å². The summed E-state index contributed by atoms with van der Waals surface area (Å²) in [5, 5.41) is 0. The van der Waals surface area contributed by atoms with Crippen molar-refractivity contribution < 1.29 is 0 Å². The molecule has 0 aliphatic heterocycles. The van der Waals surface area contributed by atoms with Crippen LogP contribution in [0.4, 0.5) is 0 Å². The first kappa shape index (κ1) is 16.4. The second-order valence-corrected chi connectivity index (χ2v) is 4.53. The monoisotopic (exact) mass is 242 g/mol. The number of allylic oxidation sites excluding steroid dienone is 5. The van der Waals surface area contributed by atoms with Crippen molar-refractivity contribution in [3.63, 3.8) is 0 Å². The van der Waals surface area contributed by atoms with Gasteiger partial charge in [0.1, 0.15) is 0 Å². The minimum atomic E-state index is 0.571. The average molecular weight is 242 g/mol. The molecule has 0 radical (unpaired) electrons. The molecule has 0 aliphatic rings. The summed E-state index contributed by atoms with van der Waals surface area (Å²) in [4.78, 5) is 0. The summed E-state index contributed by atoms with van der Waals surface area (Å²) in [7, 11) is 0. The smallest absolute Gasteiger partial charge is 0.0184 e. The maximum atomic E-state index is 3.74. The lowest BCUT2D eigenvalue weighted by Gasteiger charge is -2.02. The Morgan fingerprint density at radius 2 is 1.72 bits per heavy atom. The van der Waals surface area contributed by atoms with Crippen molar-refractivity contribution in [2.45, 2.75) is 34.1 Å². The predicted molar refractivity (Wildman–Crippen MR) is 84.6 cm³/mol. The van der Waals surface area contributed by atoms with E-state index in [1.807, 2.05) is 18.2 Å². The van der Waals surface area contributed by atoms with E-state index >= 15 is 0 Å². The first-order valence-electron chi connectivity index (χ1n) is 6.72. The van der Waals surface area contributed by atoms with Crippen LogP contribution in [0.1, 0.15) is 39.7 Å². The molecule has 1 aromatic rings. The zero-order valence-electron chi connectivity index (χ0n) is 12.2. The van der Waals surface area contributed by atoms with Gasteiger partial charge < -0.3 is 0 Å². The lowest BCUT2D eigenvalue weighted by molar-refractivity contribution is 0.832. The van der Waals surface area contributed by atoms with E-state index in [0.29, 0.717) is 5.92 Å². The van der Waals surface area contributed by atoms with Crippen LogP contribution >= 0.6 is 0 Å². The Morgan fingerprint density at radius 1 is 1.17 bits per heavy atom. The zero-order chi connectivity index (χ0) is 13.8. The van der Waals surface area contributed by atoms with E-state index in [1.54, 1.807) is 0 Å². The summed E-state index contributed by atoms with van der Waals surface area (Å²) in [5.74, 6) is 0.571. The highest BCUT2D eigenvalue weighted by Gasteiger charge is 1.95. The highest BCUT2D eigenvalue weighted by molar-refractivity contribution is 5.74. The summed E-state index contributed by atoms with van der Waals surface area (Å²) in [6.07, 6.45) is 9.46. The lowest BCUT2D eigenvalue weighted by atomic mass is 10.0. The van der Waals surface area contributed by atoms with Gasteiger partial charge in [0.05, 0.1) is 0 Å². The van der Waals surface area contributed by atoms with Gasteiger partial charge >= 0.3 is 0 Å². The van der Waals surface area contributed by atoms with Crippen LogP contribution < -0.4 is 0 Å². The molecule has 0 saturated carbocycles. The van der Waals surface area contributed by atoms with E-state index in [-0.39, 0.29) is 0 Å². The fourth-order valence-electron chi connectivity index (χ4n) is 1.30. The molecule has 0 bridgehead atoms. The standard InChI is InChI=1S/C15H18.C3H8/c1-4-8-14(12-11-13(2)3)15-9-6-5-7-10-15;1-3-2/h4-13H,1H2,2-3H3;3H2,1-2H3/b12-11-,14-8+;. The Morgan fingerprint density at radius 3 is 2.17 bits per heavy atom. The largest absolute Gasteiger partial charge is 0.0990 e. The fourth-order valence-corrected chi connectivity index (χ4v) is 1.30. The van der Waals surface area contributed by atoms with Gasteiger partial charge in [0.2, 0.25) is 0 Å². The van der Waals surface area contributed by atoms with Gasteiger partial charge in [-0.1, -0.05) is 95.3 Å². The van der Waals surface area contributed by atoms with Crippen LogP contribution in [0.25, 0.3) is 5.57 Å². The van der Waals surface area contributed by atoms with E-state index in [1.165, 1.54) is 17.6 Å². The van der Waals surface area contributed by atoms with E-state index in [0.717, 1.165) is 0 Å². The Labute approximate surface area is 113 Å². The Kier molecular flexibility index (Phi) is 9.67. The molecule has 0 saturated heterocycles. The topological polar surface area (TPSA) is 0 Å². The molecular weight excluding hydrogens is 216 g/mol. The van der Waals surface area contributed by atoms with Crippen LogP contribution in [-0.2, 0) is 0 Å². The molecule has 0 nitrogen and oxygen atoms in total. The van der Waals surface area contributed by atoms with E-state index in [9.17, 15) is 0 Å². The van der Waals surface area contributed by atoms with Gasteiger partial charge in [-0.25, -0.2) is 0 Å². The Hall–Kier alpha value is -1.56. The van der Waals surface area contributed by atoms with Crippen molar-refractivity contribution in [3.05, 3.63) is 66.8 Å². The predicted octanol–water partition coefficient (Wildman–Crippen LogP) is 5.88. The second-order valence-electron chi connectivity index (χ2n) is 4.53. The van der Waals surface area contributed by atoms with Gasteiger partial charge in [0.15, 0.2) is 0 Å². The molecule has 0 unspecified atom stereocenters. The van der Waals surface area contributed by atoms with Gasteiger partial charge in [0, 0.05) is 0 Å². The number of hydrogen-bond donors (Lipinski definition) is 0. The fraction of sp³-hybridized carbons (Fsp3) is 0.333. The van der Waals surface area contributed by atoms with Gasteiger partial charge in [-0.3, -0.25) is 0 Å². The molecule has 0 amide bonds. The van der Waals surface area contributed by atoms with Gasteiger partial charge in [0.25, 0.3) is 0 Å². The molecule has 1 aromatic carbocycles. The molecule has 0 aliphatic carbocycles. The number of hydrogen-bond acceptors (Lipinski definition) is 0. The summed E-state index contributed by atoms with van der Waals surface area (Å²) in [6, 6.07) is 10.4. The molecule has 0 N–H and O–H groups in total. The first-order valence-corrected chi connectivity index (χ1v) is 6.72. The van der Waals surface area contributed by atoms with Crippen molar-refractivity contribution in [1.82, 2.24) is 0 Å². The van der Waals surface area contributed by atoms with Crippen molar-refractivity contribution in [1.29, 1.82) is 0 Å². The third kappa shape index (κ3) is 7.67. The van der Waals surface area contributed by atoms with Crippen molar-refractivity contribution in [2.24, 2.45) is 5.92 Å². The number of rotatable bonds is 4. The van der Waals surface area contributed by atoms with Crippen molar-refractivity contribution in [3.8, 4) is 0 Å². The van der Waals surface area contributed by atoms with Gasteiger partial charge in [-0.2, -0.15) is 0 Å². The normalized spacial score (nSPS) is 11.3. The first-order chi connectivity index (χ1) is 8.65. The molecule has 0 heteroatoms. The minimum absolute atomic E-state index is 0.571. The quantitative estimate of drug-likeness (QED) is 0.578. The highest BCUT2D eigenvalue weighted by atomic mass is 14.0. The third-order valence-electron chi connectivity index (χ3n) is 2.07. The molecule has 18 heavy (non-hydrogen) atoms. The molecule has 0 heterocycles. The molecule has 0 spiro atoms. The molecular formula is C18H26. The molecule has 0 atom stereocenters. The maximum Gasteiger partial charge on any atom is -0.0184 e. The Balaban J connectivity index is 0.000000873. The average Bonchev–Trinajstić information content (AvgIpc) is 2.36. The maximum absolute atomic E-state index is 3.74. The van der Waals surface area contributed by atoms with Crippen LogP contribution in [0.15, 0.2) is 61.2 Å². The van der Waals surface area contributed by atoms with E-state index in [4.69, 9.17) is 0 Å². The molecule has 1 rings (SSSR count). The van der Waals surface area contributed by atoms with Crippen molar-refractivity contribution >= 4 is 5.57 Å². The van der Waals surface area contributed by atoms with E-state index in [2.05, 4.69) is 70.7 Å². The third-order valence-corrected chi connectivity index (χ3v) is 2.07. The molecule has 98 valence electrons. The van der Waals surface area contributed by atoms with Crippen LogP contribution in [0.3, 0.4) is 0 Å². The van der Waals surface area contributed by atoms with E-state index < -0.39 is 0 Å². The highest BCUT2D eigenvalue weighted by Crippen LogP contribution is 2.16. The van der Waals surface area contributed by atoms with Gasteiger partial charge in [-0.15, -0.1) is 0 Å². The zero-order valence-corrected chi connectivity index (χ0v) is 12.2. The van der Waals surface area contributed by atoms with Crippen LogP contribution in [0.5, 0.6) is 0 Å². The van der Waals surface area contributed by atoms with Crippen LogP contribution in [-0.4, -0.2) is 0 Å². The Bertz CT molecular complexity index is 366. The summed E-state index contributed by atoms with van der Waals surface area (Å²) in [6.45, 7) is 12.3. The molecule has 0 fully saturated rings. The summed E-state index contributed by atoms with van der Waals surface area (Å²) >= 11 is 0. The lowest BCUT2D eigenvalue weighted by Crippen LogP contribution is -1.82. The number of benzene rings is 1.